The van der Waals surface area contributed by atoms with Gasteiger partial charge in [-0.2, -0.15) is 0 Å². The molecule has 1 atom stereocenters. The van der Waals surface area contributed by atoms with Crippen LogP contribution in [-0.4, -0.2) is 37.2 Å². The molecule has 0 aromatic rings. The van der Waals surface area contributed by atoms with Crippen LogP contribution < -0.4 is 0 Å². The number of ether oxygens (including phenoxy) is 3. The first kappa shape index (κ1) is 76.0. The van der Waals surface area contributed by atoms with Crippen LogP contribution in [0, 0.1) is 0 Å². The molecule has 0 N–H and O–H groups in total. The van der Waals surface area contributed by atoms with E-state index >= 15 is 0 Å². The molecular formula is C75H120O6. The van der Waals surface area contributed by atoms with Gasteiger partial charge in [0.25, 0.3) is 0 Å². The van der Waals surface area contributed by atoms with Crippen molar-refractivity contribution in [2.45, 2.75) is 284 Å². The van der Waals surface area contributed by atoms with Crippen LogP contribution in [0.3, 0.4) is 0 Å². The van der Waals surface area contributed by atoms with Gasteiger partial charge in [-0.3, -0.25) is 14.4 Å². The van der Waals surface area contributed by atoms with Crippen LogP contribution in [0.1, 0.15) is 278 Å². The van der Waals surface area contributed by atoms with Crippen molar-refractivity contribution in [1.29, 1.82) is 0 Å². The third-order valence-corrected chi connectivity index (χ3v) is 13.5. The topological polar surface area (TPSA) is 78.9 Å². The summed E-state index contributed by atoms with van der Waals surface area (Å²) in [4.78, 5) is 38.4. The minimum atomic E-state index is -0.808. The van der Waals surface area contributed by atoms with Gasteiger partial charge in [-0.05, 0) is 148 Å². The van der Waals surface area contributed by atoms with Gasteiger partial charge < -0.3 is 14.2 Å². The third kappa shape index (κ3) is 65.7. The van der Waals surface area contributed by atoms with E-state index in [1.807, 2.05) is 0 Å². The standard InChI is InChI=1S/C75H120O6/c1-4-7-10-13-16-19-22-25-28-30-32-33-34-35-36-37-38-39-40-41-43-44-47-50-53-56-59-62-65-68-74(77)80-71-72(70-79-73(76)67-64-61-58-55-52-49-46-27-24-21-18-15-12-9-6-3)81-75(78)69-66-63-60-57-54-51-48-45-42-31-29-26-23-20-17-14-11-8-5-2/h7,9-10,12,16-21,25-29,32-33,35-36,38-39,41,43,46-47,50,72H,4-6,8,11,13-15,22-24,30-31,34,37,40,42,44-45,48-49,51-71H2,1-3H3/b10-7-,12-9-,19-16-,20-17-,21-18-,28-25-,29-26-,33-32-,36-35-,39-38-,43-41-,46-27-,50-47-. The molecule has 0 radical (unpaired) electrons. The monoisotopic (exact) mass is 1120 g/mol. The third-order valence-electron chi connectivity index (χ3n) is 13.5. The number of esters is 3. The summed E-state index contributed by atoms with van der Waals surface area (Å²) in [5.41, 5.74) is 0. The van der Waals surface area contributed by atoms with Crippen molar-refractivity contribution in [3.05, 3.63) is 158 Å². The van der Waals surface area contributed by atoms with Crippen molar-refractivity contribution in [2.24, 2.45) is 0 Å². The van der Waals surface area contributed by atoms with Crippen LogP contribution in [0.25, 0.3) is 0 Å². The van der Waals surface area contributed by atoms with Crippen LogP contribution in [-0.2, 0) is 28.6 Å². The van der Waals surface area contributed by atoms with E-state index in [0.717, 1.165) is 167 Å². The molecule has 0 amide bonds. The molecule has 0 bridgehead atoms. The van der Waals surface area contributed by atoms with E-state index in [1.54, 1.807) is 0 Å². The quantitative estimate of drug-likeness (QED) is 0.0261. The lowest BCUT2D eigenvalue weighted by atomic mass is 10.1. The molecule has 0 aliphatic heterocycles. The van der Waals surface area contributed by atoms with Crippen LogP contribution >= 0.6 is 0 Å². The summed E-state index contributed by atoms with van der Waals surface area (Å²) in [7, 11) is 0. The van der Waals surface area contributed by atoms with E-state index in [-0.39, 0.29) is 31.1 Å². The minimum Gasteiger partial charge on any atom is -0.462 e. The molecule has 0 aromatic carbocycles. The lowest BCUT2D eigenvalue weighted by Crippen LogP contribution is -2.30. The first-order chi connectivity index (χ1) is 40.0. The number of hydrogen-bond acceptors (Lipinski definition) is 6. The summed E-state index contributed by atoms with van der Waals surface area (Å²) in [6, 6.07) is 0. The van der Waals surface area contributed by atoms with Gasteiger partial charge >= 0.3 is 17.9 Å². The van der Waals surface area contributed by atoms with Gasteiger partial charge in [0.2, 0.25) is 0 Å². The molecule has 1 unspecified atom stereocenters. The van der Waals surface area contributed by atoms with Gasteiger partial charge in [-0.25, -0.2) is 0 Å². The van der Waals surface area contributed by atoms with Crippen molar-refractivity contribution in [3.8, 4) is 0 Å². The average Bonchev–Trinajstić information content (AvgIpc) is 3.47. The molecule has 81 heavy (non-hydrogen) atoms. The zero-order chi connectivity index (χ0) is 58.5. The fourth-order valence-electron chi connectivity index (χ4n) is 8.62. The van der Waals surface area contributed by atoms with Gasteiger partial charge in [0.1, 0.15) is 13.2 Å². The Balaban J connectivity index is 4.44. The molecule has 0 aliphatic carbocycles. The number of carbonyl (C=O) groups is 3. The molecule has 0 rings (SSSR count). The fourth-order valence-corrected chi connectivity index (χ4v) is 8.62. The molecule has 0 fully saturated rings. The van der Waals surface area contributed by atoms with Crippen molar-refractivity contribution in [3.63, 3.8) is 0 Å². The Morgan fingerprint density at radius 1 is 0.259 bits per heavy atom. The molecule has 0 spiro atoms. The molecule has 0 aliphatic rings. The van der Waals surface area contributed by atoms with Crippen molar-refractivity contribution < 1.29 is 28.6 Å². The van der Waals surface area contributed by atoms with Crippen LogP contribution in [0.15, 0.2) is 158 Å². The zero-order valence-corrected chi connectivity index (χ0v) is 52.2. The molecule has 0 heterocycles. The zero-order valence-electron chi connectivity index (χ0n) is 52.2. The molecule has 0 aromatic heterocycles. The molecule has 0 saturated carbocycles. The fraction of sp³-hybridized carbons (Fsp3) is 0.613. The number of hydrogen-bond donors (Lipinski definition) is 0. The second kappa shape index (κ2) is 67.5. The van der Waals surface area contributed by atoms with E-state index in [0.29, 0.717) is 19.3 Å². The second-order valence-electron chi connectivity index (χ2n) is 21.3. The SMILES string of the molecule is CC/C=C\C/C=C\C/C=C\C/C=C\C/C=C\C/C=C\C/C=C\C/C=C\CCCCCCC(=O)OCC(COC(=O)CCCCCCC/C=C\C/C=C\C/C=C\CC)OC(=O)CCCCCCCCCCC/C=C\C/C=C\CCCCC. The molecular weight excluding hydrogens is 997 g/mol. The predicted molar refractivity (Wildman–Crippen MR) is 352 cm³/mol. The normalized spacial score (nSPS) is 13.2. The highest BCUT2D eigenvalue weighted by atomic mass is 16.6. The lowest BCUT2D eigenvalue weighted by molar-refractivity contribution is -0.167. The second-order valence-corrected chi connectivity index (χ2v) is 21.3. The summed E-state index contributed by atoms with van der Waals surface area (Å²) in [6.07, 6.45) is 98.2. The van der Waals surface area contributed by atoms with E-state index in [1.165, 1.54) is 70.6 Å². The predicted octanol–water partition coefficient (Wildman–Crippen LogP) is 22.9. The highest BCUT2D eigenvalue weighted by molar-refractivity contribution is 5.71. The number of rotatable bonds is 58. The van der Waals surface area contributed by atoms with Gasteiger partial charge in [0.15, 0.2) is 6.10 Å². The highest BCUT2D eigenvalue weighted by Crippen LogP contribution is 2.15. The highest BCUT2D eigenvalue weighted by Gasteiger charge is 2.19. The van der Waals surface area contributed by atoms with E-state index in [9.17, 15) is 14.4 Å². The van der Waals surface area contributed by atoms with Gasteiger partial charge in [0.05, 0.1) is 0 Å². The van der Waals surface area contributed by atoms with Crippen LogP contribution in [0.5, 0.6) is 0 Å². The Morgan fingerprint density at radius 3 is 0.753 bits per heavy atom. The van der Waals surface area contributed by atoms with Crippen LogP contribution in [0.4, 0.5) is 0 Å². The number of carbonyl (C=O) groups excluding carboxylic acids is 3. The molecule has 6 heteroatoms. The maximum Gasteiger partial charge on any atom is 0.306 e. The maximum atomic E-state index is 12.9. The smallest absolute Gasteiger partial charge is 0.306 e. The lowest BCUT2D eigenvalue weighted by Gasteiger charge is -2.18. The first-order valence-electron chi connectivity index (χ1n) is 33.0. The maximum absolute atomic E-state index is 12.9. The Morgan fingerprint density at radius 2 is 0.481 bits per heavy atom. The summed E-state index contributed by atoms with van der Waals surface area (Å²) in [5.74, 6) is -0.949. The summed E-state index contributed by atoms with van der Waals surface area (Å²) >= 11 is 0. The average molecular weight is 1120 g/mol. The van der Waals surface area contributed by atoms with Crippen molar-refractivity contribution in [1.82, 2.24) is 0 Å². The summed E-state index contributed by atoms with van der Waals surface area (Å²) < 4.78 is 16.9. The van der Waals surface area contributed by atoms with Gasteiger partial charge in [-0.1, -0.05) is 269 Å². The Bertz CT molecular complexity index is 1810. The Labute approximate surface area is 499 Å². The van der Waals surface area contributed by atoms with E-state index in [2.05, 4.69) is 179 Å². The summed E-state index contributed by atoms with van der Waals surface area (Å²) in [5, 5.41) is 0. The van der Waals surface area contributed by atoms with Crippen LogP contribution in [0.2, 0.25) is 0 Å². The van der Waals surface area contributed by atoms with E-state index in [4.69, 9.17) is 14.2 Å². The molecule has 0 saturated heterocycles. The molecule has 6 nitrogen and oxygen atoms in total. The first-order valence-corrected chi connectivity index (χ1v) is 33.0. The molecule has 456 valence electrons. The Hall–Kier alpha value is -4.97. The Kier molecular flexibility index (Phi) is 63.4. The number of unbranched alkanes of at least 4 members (excludes halogenated alkanes) is 21. The summed E-state index contributed by atoms with van der Waals surface area (Å²) in [6.45, 7) is 6.35. The van der Waals surface area contributed by atoms with E-state index < -0.39 is 6.10 Å². The largest absolute Gasteiger partial charge is 0.462 e. The minimum absolute atomic E-state index is 0.103. The van der Waals surface area contributed by atoms with Gasteiger partial charge in [-0.15, -0.1) is 0 Å². The van der Waals surface area contributed by atoms with Gasteiger partial charge in [0, 0.05) is 19.3 Å². The number of allylic oxidation sites excluding steroid dienone is 26. The van der Waals surface area contributed by atoms with Crippen molar-refractivity contribution in [2.75, 3.05) is 13.2 Å². The van der Waals surface area contributed by atoms with Crippen molar-refractivity contribution >= 4 is 17.9 Å².